The maximum absolute atomic E-state index is 10.9. The fraction of sp³-hybridized carbons (Fsp3) is 0.130. The summed E-state index contributed by atoms with van der Waals surface area (Å²) in [5.74, 6) is 0. The Kier molecular flexibility index (Phi) is 8.10. The molecule has 28 heavy (non-hydrogen) atoms. The molecule has 3 nitrogen and oxygen atoms in total. The SMILES string of the molecule is CC(=CC[P+](c1ccccc1)(c1ccccc1)c1ccccc1)C[N+](=O)[O-].[Br-]. The number of halogens is 1. The van der Waals surface area contributed by atoms with Crippen LogP contribution in [0.4, 0.5) is 0 Å². The quantitative estimate of drug-likeness (QED) is 0.232. The Morgan fingerprint density at radius 2 is 1.18 bits per heavy atom. The molecule has 0 aliphatic heterocycles. The number of nitro groups is 1. The number of nitrogens with zero attached hydrogens (tertiary/aromatic N) is 1. The molecule has 0 saturated heterocycles. The molecule has 0 N–H and O–H groups in total. The predicted octanol–water partition coefficient (Wildman–Crippen LogP) is 1.21. The molecule has 0 fully saturated rings. The Hall–Kier alpha value is -2.29. The first-order chi connectivity index (χ1) is 13.1. The van der Waals surface area contributed by atoms with Gasteiger partial charge in [0.05, 0.1) is 6.16 Å². The minimum Gasteiger partial charge on any atom is -1.00 e. The normalized spacial score (nSPS) is 11.5. The molecule has 5 heteroatoms. The Morgan fingerprint density at radius 1 is 0.821 bits per heavy atom. The number of hydrogen-bond donors (Lipinski definition) is 0. The van der Waals surface area contributed by atoms with E-state index < -0.39 is 7.26 Å². The largest absolute Gasteiger partial charge is 1.00 e. The lowest BCUT2D eigenvalue weighted by Crippen LogP contribution is -3.00. The van der Waals surface area contributed by atoms with Gasteiger partial charge in [-0.05, 0) is 55.0 Å². The number of rotatable bonds is 7. The van der Waals surface area contributed by atoms with Crippen LogP contribution in [0.5, 0.6) is 0 Å². The molecule has 0 aromatic heterocycles. The highest BCUT2D eigenvalue weighted by molar-refractivity contribution is 7.95. The van der Waals surface area contributed by atoms with Crippen molar-refractivity contribution in [2.24, 2.45) is 0 Å². The van der Waals surface area contributed by atoms with Crippen molar-refractivity contribution in [2.45, 2.75) is 6.92 Å². The maximum Gasteiger partial charge on any atom is 0.224 e. The van der Waals surface area contributed by atoms with Crippen molar-refractivity contribution in [3.8, 4) is 0 Å². The van der Waals surface area contributed by atoms with E-state index in [0.717, 1.165) is 11.7 Å². The van der Waals surface area contributed by atoms with Crippen LogP contribution in [0.25, 0.3) is 0 Å². The lowest BCUT2D eigenvalue weighted by Gasteiger charge is -2.26. The van der Waals surface area contributed by atoms with Crippen LogP contribution < -0.4 is 32.9 Å². The highest BCUT2D eigenvalue weighted by Crippen LogP contribution is 2.55. The van der Waals surface area contributed by atoms with Gasteiger partial charge in [-0.2, -0.15) is 0 Å². The summed E-state index contributed by atoms with van der Waals surface area (Å²) in [4.78, 5) is 10.7. The molecule has 0 spiro atoms. The van der Waals surface area contributed by atoms with E-state index in [2.05, 4.69) is 78.9 Å². The van der Waals surface area contributed by atoms with E-state index in [9.17, 15) is 10.1 Å². The van der Waals surface area contributed by atoms with Crippen molar-refractivity contribution < 1.29 is 21.9 Å². The lowest BCUT2D eigenvalue weighted by atomic mass is 10.3. The molecule has 0 radical (unpaired) electrons. The molecule has 0 unspecified atom stereocenters. The first-order valence-electron chi connectivity index (χ1n) is 8.95. The van der Waals surface area contributed by atoms with E-state index in [-0.39, 0.29) is 28.4 Å². The molecule has 3 aromatic rings. The van der Waals surface area contributed by atoms with Crippen molar-refractivity contribution >= 4 is 23.2 Å². The zero-order valence-corrected chi connectivity index (χ0v) is 18.2. The summed E-state index contributed by atoms with van der Waals surface area (Å²) in [7, 11) is -1.95. The van der Waals surface area contributed by atoms with Crippen LogP contribution in [0.1, 0.15) is 6.92 Å². The second-order valence-corrected chi connectivity index (χ2v) is 10.1. The molecule has 0 aliphatic carbocycles. The summed E-state index contributed by atoms with van der Waals surface area (Å²) in [5.41, 5.74) is 0.798. The molecule has 0 saturated carbocycles. The highest BCUT2D eigenvalue weighted by Gasteiger charge is 2.44. The first kappa shape index (κ1) is 22.0. The number of benzene rings is 3. The maximum atomic E-state index is 10.9. The van der Waals surface area contributed by atoms with E-state index in [4.69, 9.17) is 0 Å². The monoisotopic (exact) mass is 455 g/mol. The van der Waals surface area contributed by atoms with Gasteiger partial charge in [-0.1, -0.05) is 54.6 Å². The fourth-order valence-corrected chi connectivity index (χ4v) is 7.53. The molecule has 3 rings (SSSR count). The third-order valence-corrected chi connectivity index (χ3v) is 8.95. The van der Waals surface area contributed by atoms with Crippen LogP contribution in [-0.2, 0) is 0 Å². The van der Waals surface area contributed by atoms with Crippen molar-refractivity contribution in [1.82, 2.24) is 0 Å². The summed E-state index contributed by atoms with van der Waals surface area (Å²) in [6, 6.07) is 31.6. The number of allylic oxidation sites excluding steroid dienone is 1. The zero-order valence-electron chi connectivity index (χ0n) is 15.7. The van der Waals surface area contributed by atoms with Crippen molar-refractivity contribution in [3.05, 3.63) is 113 Å². The smallest absolute Gasteiger partial charge is 0.224 e. The van der Waals surface area contributed by atoms with E-state index in [1.807, 2.05) is 25.1 Å². The third kappa shape index (κ3) is 4.95. The van der Waals surface area contributed by atoms with Gasteiger partial charge in [-0.15, -0.1) is 0 Å². The summed E-state index contributed by atoms with van der Waals surface area (Å²) < 4.78 is 0. The Balaban J connectivity index is 0.00000280. The second-order valence-electron chi connectivity index (χ2n) is 6.54. The van der Waals surface area contributed by atoms with Crippen molar-refractivity contribution in [3.63, 3.8) is 0 Å². The van der Waals surface area contributed by atoms with Crippen molar-refractivity contribution in [1.29, 1.82) is 0 Å². The van der Waals surface area contributed by atoms with Crippen LogP contribution in [0.2, 0.25) is 0 Å². The van der Waals surface area contributed by atoms with Crippen LogP contribution in [0, 0.1) is 10.1 Å². The Labute approximate surface area is 177 Å². The minimum atomic E-state index is -1.95. The molecular formula is C23H23BrNO2P. The molecule has 0 amide bonds. The predicted molar refractivity (Wildman–Crippen MR) is 116 cm³/mol. The van der Waals surface area contributed by atoms with Crippen molar-refractivity contribution in [2.75, 3.05) is 12.7 Å². The summed E-state index contributed by atoms with van der Waals surface area (Å²) >= 11 is 0. The molecule has 0 heterocycles. The van der Waals surface area contributed by atoms with E-state index in [1.54, 1.807) is 0 Å². The first-order valence-corrected chi connectivity index (χ1v) is 10.9. The highest BCUT2D eigenvalue weighted by atomic mass is 79.9. The van der Waals surface area contributed by atoms with Gasteiger partial charge >= 0.3 is 0 Å². The fourth-order valence-electron chi connectivity index (χ4n) is 3.37. The van der Waals surface area contributed by atoms with Gasteiger partial charge < -0.3 is 17.0 Å². The molecule has 0 atom stereocenters. The van der Waals surface area contributed by atoms with E-state index >= 15 is 0 Å². The van der Waals surface area contributed by atoms with E-state index in [1.165, 1.54) is 15.9 Å². The molecule has 144 valence electrons. The molecule has 3 aromatic carbocycles. The third-order valence-electron chi connectivity index (χ3n) is 4.68. The summed E-state index contributed by atoms with van der Waals surface area (Å²) in [6.45, 7) is 1.73. The van der Waals surface area contributed by atoms with Gasteiger partial charge in [0, 0.05) is 4.92 Å². The molecule has 0 bridgehead atoms. The van der Waals surface area contributed by atoms with Gasteiger partial charge in [0.1, 0.15) is 23.2 Å². The topological polar surface area (TPSA) is 43.1 Å². The second kappa shape index (κ2) is 10.3. The lowest BCUT2D eigenvalue weighted by molar-refractivity contribution is -0.470. The van der Waals surface area contributed by atoms with Gasteiger partial charge in [0.2, 0.25) is 6.54 Å². The van der Waals surface area contributed by atoms with Gasteiger partial charge in [0.25, 0.3) is 0 Å². The average molecular weight is 456 g/mol. The number of hydrogen-bond acceptors (Lipinski definition) is 2. The average Bonchev–Trinajstić information content (AvgIpc) is 2.70. The summed E-state index contributed by atoms with van der Waals surface area (Å²) in [6.07, 6.45) is 2.83. The standard InChI is InChI=1S/C23H23NO2P.BrH/c1-20(19-24(25)26)17-18-27(21-11-5-2-6-12-21,22-13-7-3-8-14-22)23-15-9-4-10-16-23;/h2-17H,18-19H2,1H3;1H/q+1;/p-1. The Morgan fingerprint density at radius 3 is 1.50 bits per heavy atom. The Bertz CT molecular complexity index is 818. The van der Waals surface area contributed by atoms with Gasteiger partial charge in [-0.25, -0.2) is 0 Å². The van der Waals surface area contributed by atoms with Crippen LogP contribution in [0.3, 0.4) is 0 Å². The zero-order chi connectivity index (χ0) is 19.1. The molecule has 0 aliphatic rings. The van der Waals surface area contributed by atoms with Gasteiger partial charge in [0.15, 0.2) is 0 Å². The van der Waals surface area contributed by atoms with E-state index in [0.29, 0.717) is 0 Å². The van der Waals surface area contributed by atoms with Crippen LogP contribution in [-0.4, -0.2) is 17.6 Å². The van der Waals surface area contributed by atoms with Crippen LogP contribution >= 0.6 is 7.26 Å². The summed E-state index contributed by atoms with van der Waals surface area (Å²) in [5, 5.41) is 14.8. The molecular weight excluding hydrogens is 433 g/mol. The van der Waals surface area contributed by atoms with Gasteiger partial charge in [-0.3, -0.25) is 10.1 Å². The minimum absolute atomic E-state index is 0. The van der Waals surface area contributed by atoms with Crippen LogP contribution in [0.15, 0.2) is 103 Å².